The molecule has 2 rings (SSSR count). The van der Waals surface area contributed by atoms with Crippen LogP contribution in [-0.4, -0.2) is 5.92 Å². The molecule has 4 heteroatoms. The fourth-order valence-corrected chi connectivity index (χ4v) is 1.93. The highest BCUT2D eigenvalue weighted by Gasteiger charge is 2.81. The Bertz CT molecular complexity index is 360. The summed E-state index contributed by atoms with van der Waals surface area (Å²) in [7, 11) is 0. The SMILES string of the molecule is CC1C(F)(F)C1(F)c1ccc(Br)cc1. The van der Waals surface area contributed by atoms with Gasteiger partial charge in [-0.25, -0.2) is 13.2 Å². The zero-order valence-corrected chi connectivity index (χ0v) is 8.98. The second kappa shape index (κ2) is 2.75. The van der Waals surface area contributed by atoms with Crippen LogP contribution in [-0.2, 0) is 5.67 Å². The summed E-state index contributed by atoms with van der Waals surface area (Å²) in [5.41, 5.74) is -2.41. The predicted molar refractivity (Wildman–Crippen MR) is 51.0 cm³/mol. The second-order valence-electron chi connectivity index (χ2n) is 3.56. The molecule has 0 amide bonds. The smallest absolute Gasteiger partial charge is 0.231 e. The van der Waals surface area contributed by atoms with Gasteiger partial charge in [0.1, 0.15) is 0 Å². The lowest BCUT2D eigenvalue weighted by Crippen LogP contribution is -2.09. The molecule has 1 aliphatic carbocycles. The average Bonchev–Trinajstić information content (AvgIpc) is 2.52. The summed E-state index contributed by atoms with van der Waals surface area (Å²) in [6.07, 6.45) is 0. The Labute approximate surface area is 88.2 Å². The van der Waals surface area contributed by atoms with E-state index in [0.29, 0.717) is 0 Å². The molecule has 1 aromatic carbocycles. The molecule has 0 aromatic heterocycles. The summed E-state index contributed by atoms with van der Waals surface area (Å²) >= 11 is 3.17. The van der Waals surface area contributed by atoms with Crippen molar-refractivity contribution in [3.8, 4) is 0 Å². The molecule has 1 fully saturated rings. The Morgan fingerprint density at radius 2 is 1.57 bits per heavy atom. The van der Waals surface area contributed by atoms with E-state index in [0.717, 1.165) is 4.47 Å². The molecule has 0 N–H and O–H groups in total. The number of hydrogen-bond acceptors (Lipinski definition) is 0. The molecule has 0 aliphatic heterocycles. The van der Waals surface area contributed by atoms with E-state index in [9.17, 15) is 13.2 Å². The summed E-state index contributed by atoms with van der Waals surface area (Å²) in [4.78, 5) is 0. The van der Waals surface area contributed by atoms with E-state index in [4.69, 9.17) is 0 Å². The van der Waals surface area contributed by atoms with E-state index in [1.54, 1.807) is 12.1 Å². The molecular weight excluding hydrogens is 257 g/mol. The first-order valence-electron chi connectivity index (χ1n) is 4.23. The van der Waals surface area contributed by atoms with Crippen molar-refractivity contribution in [2.45, 2.75) is 18.5 Å². The van der Waals surface area contributed by atoms with Gasteiger partial charge in [-0.05, 0) is 17.7 Å². The summed E-state index contributed by atoms with van der Waals surface area (Å²) in [6, 6.07) is 5.92. The lowest BCUT2D eigenvalue weighted by molar-refractivity contribution is 0.0391. The Morgan fingerprint density at radius 3 is 1.93 bits per heavy atom. The molecule has 0 bridgehead atoms. The molecule has 2 unspecified atom stereocenters. The zero-order valence-electron chi connectivity index (χ0n) is 7.40. The quantitative estimate of drug-likeness (QED) is 0.722. The lowest BCUT2D eigenvalue weighted by atomic mass is 10.1. The van der Waals surface area contributed by atoms with Gasteiger partial charge in [-0.15, -0.1) is 0 Å². The minimum absolute atomic E-state index is 0.0539. The molecule has 14 heavy (non-hydrogen) atoms. The Morgan fingerprint density at radius 1 is 1.14 bits per heavy atom. The van der Waals surface area contributed by atoms with Crippen LogP contribution in [0, 0.1) is 5.92 Å². The Kier molecular flexibility index (Phi) is 1.97. The maximum atomic E-state index is 13.8. The third-order valence-electron chi connectivity index (χ3n) is 2.81. The zero-order chi connectivity index (χ0) is 10.6. The van der Waals surface area contributed by atoms with Gasteiger partial charge in [0, 0.05) is 4.47 Å². The van der Waals surface area contributed by atoms with Gasteiger partial charge in [-0.1, -0.05) is 35.0 Å². The largest absolute Gasteiger partial charge is 0.292 e. The van der Waals surface area contributed by atoms with E-state index in [1.165, 1.54) is 19.1 Å². The van der Waals surface area contributed by atoms with E-state index in [-0.39, 0.29) is 5.56 Å². The van der Waals surface area contributed by atoms with Crippen molar-refractivity contribution in [2.24, 2.45) is 5.92 Å². The first kappa shape index (κ1) is 10.0. The van der Waals surface area contributed by atoms with Gasteiger partial charge in [-0.2, -0.15) is 0 Å². The van der Waals surface area contributed by atoms with Crippen LogP contribution in [0.15, 0.2) is 28.7 Å². The van der Waals surface area contributed by atoms with Gasteiger partial charge in [0.25, 0.3) is 5.92 Å². The second-order valence-corrected chi connectivity index (χ2v) is 4.48. The van der Waals surface area contributed by atoms with Crippen LogP contribution in [0.5, 0.6) is 0 Å². The van der Waals surface area contributed by atoms with Gasteiger partial charge in [0.2, 0.25) is 5.67 Å². The Hall–Kier alpha value is -0.510. The van der Waals surface area contributed by atoms with Crippen LogP contribution in [0.2, 0.25) is 0 Å². The molecule has 1 saturated carbocycles. The average molecular weight is 265 g/mol. The molecule has 0 radical (unpaired) electrons. The first-order valence-corrected chi connectivity index (χ1v) is 5.02. The molecule has 1 aromatic rings. The van der Waals surface area contributed by atoms with Crippen LogP contribution in [0.4, 0.5) is 13.2 Å². The van der Waals surface area contributed by atoms with Crippen molar-refractivity contribution in [2.75, 3.05) is 0 Å². The van der Waals surface area contributed by atoms with Crippen molar-refractivity contribution < 1.29 is 13.2 Å². The highest BCUT2D eigenvalue weighted by molar-refractivity contribution is 9.10. The van der Waals surface area contributed by atoms with E-state index in [1.807, 2.05) is 0 Å². The van der Waals surface area contributed by atoms with Crippen LogP contribution in [0.3, 0.4) is 0 Å². The van der Waals surface area contributed by atoms with E-state index in [2.05, 4.69) is 15.9 Å². The first-order chi connectivity index (χ1) is 6.40. The minimum Gasteiger partial charge on any atom is -0.231 e. The molecule has 2 atom stereocenters. The van der Waals surface area contributed by atoms with Crippen LogP contribution in [0.1, 0.15) is 12.5 Å². The van der Waals surface area contributed by atoms with Gasteiger partial charge >= 0.3 is 0 Å². The number of benzene rings is 1. The molecule has 1 aliphatic rings. The number of halogens is 4. The van der Waals surface area contributed by atoms with Gasteiger partial charge in [-0.3, -0.25) is 0 Å². The van der Waals surface area contributed by atoms with E-state index >= 15 is 0 Å². The highest BCUT2D eigenvalue weighted by Crippen LogP contribution is 2.67. The standard InChI is InChI=1S/C10H8BrF3/c1-6-9(12,10(6,13)14)7-2-4-8(11)5-3-7/h2-6H,1H3. The van der Waals surface area contributed by atoms with Gasteiger partial charge in [0.05, 0.1) is 5.92 Å². The van der Waals surface area contributed by atoms with Crippen LogP contribution >= 0.6 is 15.9 Å². The predicted octanol–water partition coefficient (Wildman–Crippen LogP) is 3.90. The molecule has 0 spiro atoms. The number of alkyl halides is 3. The maximum absolute atomic E-state index is 13.8. The maximum Gasteiger partial charge on any atom is 0.292 e. The van der Waals surface area contributed by atoms with Gasteiger partial charge in [0.15, 0.2) is 0 Å². The minimum atomic E-state index is -3.22. The third kappa shape index (κ3) is 1.06. The summed E-state index contributed by atoms with van der Waals surface area (Å²) < 4.78 is 40.5. The lowest BCUT2D eigenvalue weighted by Gasteiger charge is -2.06. The van der Waals surface area contributed by atoms with Crippen molar-refractivity contribution in [3.05, 3.63) is 34.3 Å². The van der Waals surface area contributed by atoms with Crippen molar-refractivity contribution in [1.82, 2.24) is 0 Å². The Balaban J connectivity index is 2.38. The summed E-state index contributed by atoms with van der Waals surface area (Å²) in [6.45, 7) is 1.22. The van der Waals surface area contributed by atoms with Crippen molar-refractivity contribution >= 4 is 15.9 Å². The van der Waals surface area contributed by atoms with E-state index < -0.39 is 17.5 Å². The third-order valence-corrected chi connectivity index (χ3v) is 3.34. The van der Waals surface area contributed by atoms with Crippen molar-refractivity contribution in [1.29, 1.82) is 0 Å². The van der Waals surface area contributed by atoms with Crippen LogP contribution in [0.25, 0.3) is 0 Å². The normalized spacial score (nSPS) is 34.2. The molecule has 0 saturated heterocycles. The number of hydrogen-bond donors (Lipinski definition) is 0. The molecular formula is C10H8BrF3. The fourth-order valence-electron chi connectivity index (χ4n) is 1.67. The highest BCUT2D eigenvalue weighted by atomic mass is 79.9. The molecule has 0 nitrogen and oxygen atoms in total. The van der Waals surface area contributed by atoms with Crippen molar-refractivity contribution in [3.63, 3.8) is 0 Å². The summed E-state index contributed by atoms with van der Waals surface area (Å²) in [5, 5.41) is 0. The summed E-state index contributed by atoms with van der Waals surface area (Å²) in [5.74, 6) is -4.45. The molecule has 76 valence electrons. The van der Waals surface area contributed by atoms with Gasteiger partial charge < -0.3 is 0 Å². The van der Waals surface area contributed by atoms with Crippen LogP contribution < -0.4 is 0 Å². The fraction of sp³-hybridized carbons (Fsp3) is 0.400. The number of rotatable bonds is 1. The monoisotopic (exact) mass is 264 g/mol. The topological polar surface area (TPSA) is 0 Å². The molecule has 0 heterocycles.